The van der Waals surface area contributed by atoms with Gasteiger partial charge in [0, 0.05) is 24.5 Å². The van der Waals surface area contributed by atoms with Crippen LogP contribution in [0.5, 0.6) is 11.5 Å². The molecular formula is C17H26N2O2. The van der Waals surface area contributed by atoms with Gasteiger partial charge in [-0.2, -0.15) is 0 Å². The molecule has 3 rings (SSSR count). The third-order valence-electron chi connectivity index (χ3n) is 5.37. The molecular weight excluding hydrogens is 264 g/mol. The maximum absolute atomic E-state index is 6.21. The predicted molar refractivity (Wildman–Crippen MR) is 84.0 cm³/mol. The van der Waals surface area contributed by atoms with Gasteiger partial charge < -0.3 is 20.1 Å². The lowest BCUT2D eigenvalue weighted by Crippen LogP contribution is -2.44. The van der Waals surface area contributed by atoms with E-state index in [0.717, 1.165) is 37.4 Å². The number of methoxy groups -OCH3 is 2. The molecule has 1 aromatic carbocycles. The fourth-order valence-corrected chi connectivity index (χ4v) is 4.35. The van der Waals surface area contributed by atoms with Crippen molar-refractivity contribution in [3.05, 3.63) is 23.8 Å². The van der Waals surface area contributed by atoms with Crippen molar-refractivity contribution in [2.24, 2.45) is 11.7 Å². The van der Waals surface area contributed by atoms with Crippen LogP contribution in [0.4, 0.5) is 0 Å². The van der Waals surface area contributed by atoms with Crippen LogP contribution in [0.3, 0.4) is 0 Å². The highest BCUT2D eigenvalue weighted by Gasteiger charge is 2.49. The van der Waals surface area contributed by atoms with Crippen molar-refractivity contribution in [1.29, 1.82) is 0 Å². The maximum Gasteiger partial charge on any atom is 0.161 e. The Kier molecular flexibility index (Phi) is 3.84. The zero-order valence-electron chi connectivity index (χ0n) is 13.3. The number of benzene rings is 1. The van der Waals surface area contributed by atoms with E-state index in [9.17, 15) is 0 Å². The molecule has 0 amide bonds. The normalized spacial score (nSPS) is 32.8. The van der Waals surface area contributed by atoms with Crippen LogP contribution in [0.2, 0.25) is 0 Å². The number of ether oxygens (including phenoxy) is 2. The molecule has 3 atom stereocenters. The molecule has 3 unspecified atom stereocenters. The molecule has 1 aromatic rings. The number of likely N-dealkylation sites (tertiary alicyclic amines) is 1. The third-order valence-corrected chi connectivity index (χ3v) is 5.37. The van der Waals surface area contributed by atoms with Gasteiger partial charge in [-0.3, -0.25) is 0 Å². The minimum absolute atomic E-state index is 0.226. The first-order valence-corrected chi connectivity index (χ1v) is 7.75. The van der Waals surface area contributed by atoms with Crippen LogP contribution in [0.1, 0.15) is 24.8 Å². The number of hydrogen-bond acceptors (Lipinski definition) is 4. The van der Waals surface area contributed by atoms with Crippen LogP contribution in [-0.2, 0) is 5.41 Å². The SMILES string of the molecule is COc1ccc(C23CCC(N)CC2CN(C)C3)cc1OC. The molecule has 2 aliphatic rings. The summed E-state index contributed by atoms with van der Waals surface area (Å²) in [5.74, 6) is 2.27. The molecule has 1 saturated heterocycles. The van der Waals surface area contributed by atoms with E-state index in [4.69, 9.17) is 15.2 Å². The van der Waals surface area contributed by atoms with Crippen molar-refractivity contribution in [2.75, 3.05) is 34.4 Å². The lowest BCUT2D eigenvalue weighted by atomic mass is 9.63. The molecule has 1 saturated carbocycles. The monoisotopic (exact) mass is 290 g/mol. The Balaban J connectivity index is 2.00. The number of nitrogens with two attached hydrogens (primary N) is 1. The summed E-state index contributed by atoms with van der Waals surface area (Å²) >= 11 is 0. The standard InChI is InChI=1S/C17H26N2O2/c1-19-10-13-8-14(18)6-7-17(13,11-19)12-4-5-15(20-2)16(9-12)21-3/h4-5,9,13-14H,6-8,10-11,18H2,1-3H3. The number of nitrogens with zero attached hydrogens (tertiary/aromatic N) is 1. The van der Waals surface area contributed by atoms with E-state index in [1.54, 1.807) is 14.2 Å². The van der Waals surface area contributed by atoms with Gasteiger partial charge in [0.05, 0.1) is 14.2 Å². The molecule has 0 aromatic heterocycles. The quantitative estimate of drug-likeness (QED) is 0.925. The first-order chi connectivity index (χ1) is 10.1. The summed E-state index contributed by atoms with van der Waals surface area (Å²) < 4.78 is 10.9. The Labute approximate surface area is 127 Å². The van der Waals surface area contributed by atoms with Crippen molar-refractivity contribution >= 4 is 0 Å². The minimum Gasteiger partial charge on any atom is -0.493 e. The van der Waals surface area contributed by atoms with Gasteiger partial charge in [-0.15, -0.1) is 0 Å². The molecule has 1 aliphatic heterocycles. The van der Waals surface area contributed by atoms with Crippen LogP contribution in [0.25, 0.3) is 0 Å². The van der Waals surface area contributed by atoms with E-state index < -0.39 is 0 Å². The van der Waals surface area contributed by atoms with E-state index in [1.165, 1.54) is 12.0 Å². The molecule has 0 bridgehead atoms. The second kappa shape index (κ2) is 5.50. The number of likely N-dealkylation sites (N-methyl/N-ethyl adjacent to an activating group) is 1. The van der Waals surface area contributed by atoms with E-state index in [-0.39, 0.29) is 5.41 Å². The highest BCUT2D eigenvalue weighted by atomic mass is 16.5. The molecule has 21 heavy (non-hydrogen) atoms. The molecule has 2 N–H and O–H groups in total. The summed E-state index contributed by atoms with van der Waals surface area (Å²) in [4.78, 5) is 2.44. The minimum atomic E-state index is 0.226. The zero-order chi connectivity index (χ0) is 15.0. The number of fused-ring (bicyclic) bond motifs is 1. The van der Waals surface area contributed by atoms with Crippen LogP contribution < -0.4 is 15.2 Å². The first kappa shape index (κ1) is 14.7. The molecule has 4 nitrogen and oxygen atoms in total. The molecule has 116 valence electrons. The highest BCUT2D eigenvalue weighted by Crippen LogP contribution is 2.49. The summed E-state index contributed by atoms with van der Waals surface area (Å²) in [5, 5.41) is 0. The van der Waals surface area contributed by atoms with E-state index in [0.29, 0.717) is 12.0 Å². The average molecular weight is 290 g/mol. The van der Waals surface area contributed by atoms with Gasteiger partial charge in [-0.1, -0.05) is 6.07 Å². The van der Waals surface area contributed by atoms with Crippen molar-refractivity contribution in [1.82, 2.24) is 4.90 Å². The lowest BCUT2D eigenvalue weighted by molar-refractivity contribution is 0.220. The number of rotatable bonds is 3. The molecule has 4 heteroatoms. The van der Waals surface area contributed by atoms with Crippen molar-refractivity contribution in [3.8, 4) is 11.5 Å². The molecule has 0 spiro atoms. The smallest absolute Gasteiger partial charge is 0.161 e. The summed E-state index contributed by atoms with van der Waals surface area (Å²) in [7, 11) is 5.60. The summed E-state index contributed by atoms with van der Waals surface area (Å²) in [6.45, 7) is 2.25. The van der Waals surface area contributed by atoms with Gasteiger partial charge >= 0.3 is 0 Å². The van der Waals surface area contributed by atoms with Crippen LogP contribution in [0, 0.1) is 5.92 Å². The molecule has 0 radical (unpaired) electrons. The fourth-order valence-electron chi connectivity index (χ4n) is 4.35. The summed E-state index contributed by atoms with van der Waals surface area (Å²) in [5.41, 5.74) is 7.81. The van der Waals surface area contributed by atoms with E-state index >= 15 is 0 Å². The Morgan fingerprint density at radius 2 is 2.00 bits per heavy atom. The van der Waals surface area contributed by atoms with Crippen LogP contribution in [-0.4, -0.2) is 45.3 Å². The van der Waals surface area contributed by atoms with E-state index in [1.807, 2.05) is 6.07 Å². The van der Waals surface area contributed by atoms with Crippen molar-refractivity contribution in [2.45, 2.75) is 30.7 Å². The first-order valence-electron chi connectivity index (χ1n) is 7.75. The zero-order valence-corrected chi connectivity index (χ0v) is 13.3. The summed E-state index contributed by atoms with van der Waals surface area (Å²) in [6.07, 6.45) is 3.40. The molecule has 1 aliphatic carbocycles. The van der Waals surface area contributed by atoms with Gasteiger partial charge in [-0.05, 0) is 49.9 Å². The highest BCUT2D eigenvalue weighted by molar-refractivity contribution is 5.46. The maximum atomic E-state index is 6.21. The lowest BCUT2D eigenvalue weighted by Gasteiger charge is -2.41. The van der Waals surface area contributed by atoms with Gasteiger partial charge in [0.15, 0.2) is 11.5 Å². The van der Waals surface area contributed by atoms with Gasteiger partial charge in [-0.25, -0.2) is 0 Å². The third kappa shape index (κ3) is 2.40. The van der Waals surface area contributed by atoms with Gasteiger partial charge in [0.25, 0.3) is 0 Å². The second-order valence-electron chi connectivity index (χ2n) is 6.65. The number of hydrogen-bond donors (Lipinski definition) is 1. The second-order valence-corrected chi connectivity index (χ2v) is 6.65. The van der Waals surface area contributed by atoms with Crippen molar-refractivity contribution < 1.29 is 9.47 Å². The average Bonchev–Trinajstić information content (AvgIpc) is 2.82. The van der Waals surface area contributed by atoms with Gasteiger partial charge in [0.1, 0.15) is 0 Å². The van der Waals surface area contributed by atoms with Crippen molar-refractivity contribution in [3.63, 3.8) is 0 Å². The molecule has 1 heterocycles. The topological polar surface area (TPSA) is 47.7 Å². The Bertz CT molecular complexity index is 520. The van der Waals surface area contributed by atoms with Gasteiger partial charge in [0.2, 0.25) is 0 Å². The fraction of sp³-hybridized carbons (Fsp3) is 0.647. The Morgan fingerprint density at radius 1 is 1.24 bits per heavy atom. The van der Waals surface area contributed by atoms with Crippen LogP contribution >= 0.6 is 0 Å². The Hall–Kier alpha value is -1.26. The predicted octanol–water partition coefficient (Wildman–Crippen LogP) is 2.01. The van der Waals surface area contributed by atoms with E-state index in [2.05, 4.69) is 24.1 Å². The molecule has 2 fully saturated rings. The Morgan fingerprint density at radius 3 is 2.71 bits per heavy atom. The largest absolute Gasteiger partial charge is 0.493 e. The van der Waals surface area contributed by atoms with Crippen LogP contribution in [0.15, 0.2) is 18.2 Å². The summed E-state index contributed by atoms with van der Waals surface area (Å²) in [6, 6.07) is 6.77.